The summed E-state index contributed by atoms with van der Waals surface area (Å²) in [4.78, 5) is 1.82. The quantitative estimate of drug-likeness (QED) is 0.810. The lowest BCUT2D eigenvalue weighted by Crippen LogP contribution is -1.89. The van der Waals surface area contributed by atoms with Crippen LogP contribution in [0.3, 0.4) is 0 Å². The van der Waals surface area contributed by atoms with Crippen molar-refractivity contribution in [2.45, 2.75) is 16.7 Å². The maximum absolute atomic E-state index is 13.1. The number of rotatable bonds is 2. The second-order valence-electron chi connectivity index (χ2n) is 3.70. The average molecular weight is 268 g/mol. The van der Waals surface area contributed by atoms with Gasteiger partial charge in [-0.1, -0.05) is 29.4 Å². The maximum atomic E-state index is 13.1. The first kappa shape index (κ1) is 12.3. The van der Waals surface area contributed by atoms with Gasteiger partial charge in [-0.15, -0.1) is 0 Å². The number of aryl methyl sites for hydroxylation is 1. The predicted octanol–water partition coefficient (Wildman–Crippen LogP) is 4.52. The zero-order valence-corrected chi connectivity index (χ0v) is 10.8. The zero-order valence-electron chi connectivity index (χ0n) is 9.21. The molecule has 0 bridgehead atoms. The molecule has 0 amide bonds. The minimum absolute atomic E-state index is 0.241. The molecule has 0 aliphatic carbocycles. The van der Waals surface area contributed by atoms with Crippen LogP contribution < -0.4 is 5.73 Å². The van der Waals surface area contributed by atoms with Crippen LogP contribution in [0.5, 0.6) is 0 Å². The fraction of sp³-hybridized carbons (Fsp3) is 0.0769. The van der Waals surface area contributed by atoms with Gasteiger partial charge >= 0.3 is 0 Å². The zero-order chi connectivity index (χ0) is 12.4. The maximum Gasteiger partial charge on any atom is 0.124 e. The normalized spacial score (nSPS) is 10.5. The van der Waals surface area contributed by atoms with Gasteiger partial charge in [-0.05, 0) is 42.8 Å². The molecule has 0 aliphatic heterocycles. The topological polar surface area (TPSA) is 26.0 Å². The van der Waals surface area contributed by atoms with E-state index in [1.165, 1.54) is 23.9 Å². The third kappa shape index (κ3) is 2.93. The highest BCUT2D eigenvalue weighted by Crippen LogP contribution is 2.34. The Labute approximate surface area is 109 Å². The number of anilines is 1. The molecule has 4 heteroatoms. The van der Waals surface area contributed by atoms with Gasteiger partial charge in [0.15, 0.2) is 0 Å². The summed E-state index contributed by atoms with van der Waals surface area (Å²) in [7, 11) is 0. The van der Waals surface area contributed by atoms with Gasteiger partial charge in [0.2, 0.25) is 0 Å². The summed E-state index contributed by atoms with van der Waals surface area (Å²) >= 11 is 7.44. The predicted molar refractivity (Wildman–Crippen MR) is 71.1 cm³/mol. The van der Waals surface area contributed by atoms with Crippen molar-refractivity contribution in [3.8, 4) is 0 Å². The van der Waals surface area contributed by atoms with E-state index in [4.69, 9.17) is 17.3 Å². The van der Waals surface area contributed by atoms with Crippen LogP contribution in [0.15, 0.2) is 46.2 Å². The Kier molecular flexibility index (Phi) is 3.60. The summed E-state index contributed by atoms with van der Waals surface area (Å²) in [5, 5.41) is 0.523. The molecule has 0 fully saturated rings. The van der Waals surface area contributed by atoms with Crippen molar-refractivity contribution in [2.24, 2.45) is 0 Å². The van der Waals surface area contributed by atoms with Crippen LogP contribution in [0.4, 0.5) is 10.1 Å². The lowest BCUT2D eigenvalue weighted by Gasteiger charge is -2.08. The molecular weight excluding hydrogens is 257 g/mol. The van der Waals surface area contributed by atoms with Gasteiger partial charge in [0.25, 0.3) is 0 Å². The number of benzene rings is 2. The molecule has 0 unspecified atom stereocenters. The lowest BCUT2D eigenvalue weighted by molar-refractivity contribution is 0.624. The van der Waals surface area contributed by atoms with Gasteiger partial charge < -0.3 is 5.73 Å². The second-order valence-corrected chi connectivity index (χ2v) is 5.22. The van der Waals surface area contributed by atoms with E-state index in [9.17, 15) is 4.39 Å². The molecule has 2 aromatic carbocycles. The molecule has 17 heavy (non-hydrogen) atoms. The largest absolute Gasteiger partial charge is 0.398 e. The van der Waals surface area contributed by atoms with Crippen LogP contribution in [-0.4, -0.2) is 0 Å². The van der Waals surface area contributed by atoms with Gasteiger partial charge in [0.05, 0.1) is 10.7 Å². The molecule has 0 aromatic heterocycles. The molecule has 1 nitrogen and oxygen atoms in total. The third-order valence-corrected chi connectivity index (χ3v) is 3.79. The molecule has 2 rings (SSSR count). The first-order chi connectivity index (χ1) is 8.06. The molecule has 0 aliphatic rings. The number of nitrogens with two attached hydrogens (primary N) is 1. The Morgan fingerprint density at radius 3 is 2.71 bits per heavy atom. The highest BCUT2D eigenvalue weighted by atomic mass is 35.5. The number of hydrogen-bond acceptors (Lipinski definition) is 2. The summed E-state index contributed by atoms with van der Waals surface area (Å²) in [6.45, 7) is 1.95. The summed E-state index contributed by atoms with van der Waals surface area (Å²) in [5.41, 5.74) is 7.30. The molecule has 0 heterocycles. The minimum atomic E-state index is -0.241. The van der Waals surface area contributed by atoms with Crippen molar-refractivity contribution >= 4 is 29.1 Å². The molecule has 2 aromatic rings. The van der Waals surface area contributed by atoms with Gasteiger partial charge in [-0.25, -0.2) is 4.39 Å². The van der Waals surface area contributed by atoms with E-state index in [2.05, 4.69) is 0 Å². The highest BCUT2D eigenvalue weighted by Gasteiger charge is 2.06. The van der Waals surface area contributed by atoms with Crippen molar-refractivity contribution < 1.29 is 4.39 Å². The minimum Gasteiger partial charge on any atom is -0.398 e. The van der Waals surface area contributed by atoms with Crippen LogP contribution in [0, 0.1) is 12.7 Å². The molecule has 0 saturated carbocycles. The van der Waals surface area contributed by atoms with Crippen molar-refractivity contribution in [1.82, 2.24) is 0 Å². The average Bonchev–Trinajstić information content (AvgIpc) is 2.26. The Balaban J connectivity index is 2.33. The van der Waals surface area contributed by atoms with E-state index in [-0.39, 0.29) is 5.82 Å². The van der Waals surface area contributed by atoms with E-state index in [0.717, 1.165) is 15.4 Å². The summed E-state index contributed by atoms with van der Waals surface area (Å²) in [6, 6.07) is 10.1. The van der Waals surface area contributed by atoms with Crippen molar-refractivity contribution in [2.75, 3.05) is 5.73 Å². The van der Waals surface area contributed by atoms with Crippen LogP contribution >= 0.6 is 23.4 Å². The highest BCUT2D eigenvalue weighted by molar-refractivity contribution is 7.99. The van der Waals surface area contributed by atoms with Crippen molar-refractivity contribution in [1.29, 1.82) is 0 Å². The molecule has 2 N–H and O–H groups in total. The first-order valence-corrected chi connectivity index (χ1v) is 6.25. The van der Waals surface area contributed by atoms with E-state index in [0.29, 0.717) is 10.7 Å². The molecule has 0 saturated heterocycles. The molecule has 0 atom stereocenters. The Morgan fingerprint density at radius 1 is 1.24 bits per heavy atom. The standard InChI is InChI=1S/C13H11ClFNS/c1-8-5-12(16)11(14)7-13(8)17-10-4-2-3-9(15)6-10/h2-7H,16H2,1H3. The van der Waals surface area contributed by atoms with E-state index < -0.39 is 0 Å². The fourth-order valence-electron chi connectivity index (χ4n) is 1.45. The van der Waals surface area contributed by atoms with Crippen molar-refractivity contribution in [3.63, 3.8) is 0 Å². The first-order valence-electron chi connectivity index (χ1n) is 5.05. The van der Waals surface area contributed by atoms with Gasteiger partial charge in [0.1, 0.15) is 5.82 Å². The summed E-state index contributed by atoms with van der Waals surface area (Å²) in [5.74, 6) is -0.241. The number of halogens is 2. The van der Waals surface area contributed by atoms with E-state index >= 15 is 0 Å². The SMILES string of the molecule is Cc1cc(N)c(Cl)cc1Sc1cccc(F)c1. The van der Waals surface area contributed by atoms with Gasteiger partial charge in [-0.2, -0.15) is 0 Å². The summed E-state index contributed by atoms with van der Waals surface area (Å²) in [6.07, 6.45) is 0. The Morgan fingerprint density at radius 2 is 2.00 bits per heavy atom. The lowest BCUT2D eigenvalue weighted by atomic mass is 10.2. The van der Waals surface area contributed by atoms with Crippen LogP contribution in [0.2, 0.25) is 5.02 Å². The molecule has 88 valence electrons. The van der Waals surface area contributed by atoms with Crippen LogP contribution in [0.25, 0.3) is 0 Å². The molecule has 0 radical (unpaired) electrons. The van der Waals surface area contributed by atoms with Crippen LogP contribution in [-0.2, 0) is 0 Å². The summed E-state index contributed by atoms with van der Waals surface area (Å²) < 4.78 is 13.1. The fourth-order valence-corrected chi connectivity index (χ4v) is 2.65. The molecule has 0 spiro atoms. The van der Waals surface area contributed by atoms with E-state index in [1.807, 2.05) is 25.1 Å². The monoisotopic (exact) mass is 267 g/mol. The van der Waals surface area contributed by atoms with Gasteiger partial charge in [0, 0.05) is 9.79 Å². The second kappa shape index (κ2) is 4.98. The number of hydrogen-bond donors (Lipinski definition) is 1. The van der Waals surface area contributed by atoms with Crippen molar-refractivity contribution in [3.05, 3.63) is 52.8 Å². The Bertz CT molecular complexity index is 557. The third-order valence-electron chi connectivity index (χ3n) is 2.32. The molecular formula is C13H11ClFNS. The van der Waals surface area contributed by atoms with E-state index in [1.54, 1.807) is 6.07 Å². The van der Waals surface area contributed by atoms with Gasteiger partial charge in [-0.3, -0.25) is 0 Å². The number of nitrogen functional groups attached to an aromatic ring is 1. The Hall–Kier alpha value is -1.19. The van der Waals surface area contributed by atoms with Crippen LogP contribution in [0.1, 0.15) is 5.56 Å². The smallest absolute Gasteiger partial charge is 0.124 e.